The molecule has 0 saturated carbocycles. The Balaban J connectivity index is 2.65. The van der Waals surface area contributed by atoms with E-state index in [2.05, 4.69) is 0 Å². The lowest BCUT2D eigenvalue weighted by atomic mass is 10.4. The third-order valence-corrected chi connectivity index (χ3v) is 4.36. The number of hydrogen-bond acceptors (Lipinski definition) is 4. The molecular formula is C4H8ClFN2O4S2. The predicted octanol–water partition coefficient (Wildman–Crippen LogP) is -0.698. The molecule has 10 heteroatoms. The normalized spacial score (nSPS) is 22.4. The highest BCUT2D eigenvalue weighted by Gasteiger charge is 2.30. The Hall–Kier alpha value is 0.0400. The van der Waals surface area contributed by atoms with Crippen molar-refractivity contribution < 1.29 is 20.7 Å². The summed E-state index contributed by atoms with van der Waals surface area (Å²) in [6, 6.07) is 0. The molecule has 1 fully saturated rings. The van der Waals surface area contributed by atoms with E-state index in [4.69, 9.17) is 10.7 Å². The lowest BCUT2D eigenvalue weighted by Gasteiger charge is -2.29. The smallest absolute Gasteiger partial charge is 0.195 e. The first-order valence-corrected chi connectivity index (χ1v) is 7.21. The third-order valence-electron chi connectivity index (χ3n) is 1.81. The van der Waals surface area contributed by atoms with Gasteiger partial charge in [0.1, 0.15) is 0 Å². The van der Waals surface area contributed by atoms with Gasteiger partial charge in [-0.15, -0.1) is 0 Å². The maximum atomic E-state index is 12.4. The maximum Gasteiger partial charge on any atom is 0.374 e. The lowest BCUT2D eigenvalue weighted by molar-refractivity contribution is 0.267. The van der Waals surface area contributed by atoms with E-state index >= 15 is 0 Å². The fraction of sp³-hybridized carbons (Fsp3) is 1.00. The van der Waals surface area contributed by atoms with Gasteiger partial charge in [0, 0.05) is 36.9 Å². The van der Waals surface area contributed by atoms with Gasteiger partial charge in [0.25, 0.3) is 9.24 Å². The first-order valence-electron chi connectivity index (χ1n) is 3.61. The van der Waals surface area contributed by atoms with E-state index in [0.717, 1.165) is 4.31 Å². The predicted molar refractivity (Wildman–Crippen MR) is 47.9 cm³/mol. The lowest BCUT2D eigenvalue weighted by Crippen LogP contribution is -2.48. The summed E-state index contributed by atoms with van der Waals surface area (Å²) >= 11 is 0. The minimum atomic E-state index is -4.73. The first-order chi connectivity index (χ1) is 6.21. The first kappa shape index (κ1) is 12.1. The Morgan fingerprint density at radius 2 is 1.29 bits per heavy atom. The van der Waals surface area contributed by atoms with Crippen LogP contribution in [0.2, 0.25) is 0 Å². The number of nitrogens with zero attached hydrogens (tertiary/aromatic N) is 2. The summed E-state index contributed by atoms with van der Waals surface area (Å²) in [7, 11) is -3.55. The Morgan fingerprint density at radius 3 is 1.57 bits per heavy atom. The molecule has 0 amide bonds. The number of halogens is 2. The molecule has 0 aromatic rings. The van der Waals surface area contributed by atoms with Crippen molar-refractivity contribution in [2.45, 2.75) is 0 Å². The zero-order chi connectivity index (χ0) is 11.0. The molecule has 0 spiro atoms. The standard InChI is InChI=1S/C4H8ClFN2O4S2/c5-13(9,10)7-1-3-8(4-2-7)14(6,11)12/h1-4H2. The Labute approximate surface area is 86.1 Å². The summed E-state index contributed by atoms with van der Waals surface area (Å²) in [5.74, 6) is 0. The monoisotopic (exact) mass is 266 g/mol. The molecule has 6 nitrogen and oxygen atoms in total. The van der Waals surface area contributed by atoms with E-state index < -0.39 is 19.6 Å². The van der Waals surface area contributed by atoms with Crippen molar-refractivity contribution in [1.82, 2.24) is 8.61 Å². The Bertz CT molecular complexity index is 359. The second-order valence-electron chi connectivity index (χ2n) is 2.68. The molecule has 1 rings (SSSR count). The summed E-state index contributed by atoms with van der Waals surface area (Å²) in [6.45, 7) is -0.695. The van der Waals surface area contributed by atoms with Gasteiger partial charge in [-0.1, -0.05) is 3.89 Å². The summed E-state index contributed by atoms with van der Waals surface area (Å²) < 4.78 is 56.2. The van der Waals surface area contributed by atoms with Crippen LogP contribution in [-0.2, 0) is 19.6 Å². The Kier molecular flexibility index (Phi) is 3.37. The molecule has 0 bridgehead atoms. The molecule has 14 heavy (non-hydrogen) atoms. The molecule has 0 N–H and O–H groups in total. The molecule has 1 saturated heterocycles. The third kappa shape index (κ3) is 3.02. The van der Waals surface area contributed by atoms with Gasteiger partial charge in [0.15, 0.2) is 0 Å². The van der Waals surface area contributed by atoms with E-state index in [1.54, 1.807) is 0 Å². The number of piperazine rings is 1. The average molecular weight is 267 g/mol. The molecule has 0 aliphatic carbocycles. The summed E-state index contributed by atoms with van der Waals surface area (Å²) in [4.78, 5) is 0. The summed E-state index contributed by atoms with van der Waals surface area (Å²) in [5.41, 5.74) is 0. The molecule has 1 aliphatic rings. The van der Waals surface area contributed by atoms with E-state index in [1.165, 1.54) is 0 Å². The van der Waals surface area contributed by atoms with E-state index in [0.29, 0.717) is 4.31 Å². The van der Waals surface area contributed by atoms with Gasteiger partial charge in [-0.25, -0.2) is 0 Å². The van der Waals surface area contributed by atoms with Gasteiger partial charge in [0.2, 0.25) is 0 Å². The maximum absolute atomic E-state index is 12.4. The zero-order valence-electron chi connectivity index (χ0n) is 6.93. The minimum absolute atomic E-state index is 0.130. The van der Waals surface area contributed by atoms with Crippen LogP contribution in [-0.4, -0.2) is 51.6 Å². The fourth-order valence-corrected chi connectivity index (χ4v) is 2.72. The molecule has 1 aliphatic heterocycles. The second-order valence-corrected chi connectivity index (χ2v) is 6.53. The van der Waals surface area contributed by atoms with Gasteiger partial charge in [0.05, 0.1) is 0 Å². The topological polar surface area (TPSA) is 74.8 Å². The van der Waals surface area contributed by atoms with Crippen LogP contribution in [0.3, 0.4) is 0 Å². The molecule has 0 radical (unpaired) electrons. The highest BCUT2D eigenvalue weighted by Crippen LogP contribution is 2.13. The van der Waals surface area contributed by atoms with E-state index in [-0.39, 0.29) is 26.2 Å². The van der Waals surface area contributed by atoms with Crippen molar-refractivity contribution >= 4 is 30.3 Å². The van der Waals surface area contributed by atoms with Gasteiger partial charge < -0.3 is 0 Å². The van der Waals surface area contributed by atoms with E-state index in [1.807, 2.05) is 0 Å². The van der Waals surface area contributed by atoms with Crippen molar-refractivity contribution in [3.63, 3.8) is 0 Å². The van der Waals surface area contributed by atoms with Gasteiger partial charge in [-0.05, 0) is 0 Å². The van der Waals surface area contributed by atoms with Crippen molar-refractivity contribution in [3.05, 3.63) is 0 Å². The van der Waals surface area contributed by atoms with Crippen LogP contribution < -0.4 is 0 Å². The highest BCUT2D eigenvalue weighted by atomic mass is 35.7. The Morgan fingerprint density at radius 1 is 0.929 bits per heavy atom. The summed E-state index contributed by atoms with van der Waals surface area (Å²) in [5, 5.41) is 0. The SMILES string of the molecule is O=S(=O)(F)N1CCN(S(=O)(=O)Cl)CC1. The van der Waals surface area contributed by atoms with Crippen LogP contribution in [0.25, 0.3) is 0 Å². The van der Waals surface area contributed by atoms with Crippen LogP contribution in [0.15, 0.2) is 0 Å². The molecule has 0 atom stereocenters. The van der Waals surface area contributed by atoms with Gasteiger partial charge in [-0.3, -0.25) is 0 Å². The molecule has 0 unspecified atom stereocenters. The molecule has 0 aromatic carbocycles. The van der Waals surface area contributed by atoms with Crippen molar-refractivity contribution in [3.8, 4) is 0 Å². The number of rotatable bonds is 2. The number of hydrogen-bond donors (Lipinski definition) is 0. The summed E-state index contributed by atoms with van der Waals surface area (Å²) in [6.07, 6.45) is 0. The van der Waals surface area contributed by atoms with Crippen LogP contribution >= 0.6 is 10.7 Å². The molecule has 0 aromatic heterocycles. The fourth-order valence-electron chi connectivity index (χ4n) is 1.11. The molecule has 84 valence electrons. The van der Waals surface area contributed by atoms with Gasteiger partial charge in [-0.2, -0.15) is 25.4 Å². The van der Waals surface area contributed by atoms with Crippen LogP contribution in [0.1, 0.15) is 0 Å². The van der Waals surface area contributed by atoms with Crippen LogP contribution in [0.5, 0.6) is 0 Å². The molecule has 1 heterocycles. The van der Waals surface area contributed by atoms with E-state index in [9.17, 15) is 20.7 Å². The van der Waals surface area contributed by atoms with Crippen molar-refractivity contribution in [1.29, 1.82) is 0 Å². The largest absolute Gasteiger partial charge is 0.374 e. The second kappa shape index (κ2) is 3.89. The quantitative estimate of drug-likeness (QED) is 0.620. The highest BCUT2D eigenvalue weighted by molar-refractivity contribution is 8.11. The minimum Gasteiger partial charge on any atom is -0.195 e. The molecular weight excluding hydrogens is 259 g/mol. The van der Waals surface area contributed by atoms with Crippen molar-refractivity contribution in [2.24, 2.45) is 0 Å². The van der Waals surface area contributed by atoms with Gasteiger partial charge >= 0.3 is 10.4 Å². The van der Waals surface area contributed by atoms with Crippen molar-refractivity contribution in [2.75, 3.05) is 26.2 Å². The van der Waals surface area contributed by atoms with Crippen LogP contribution in [0, 0.1) is 0 Å². The average Bonchev–Trinajstić information content (AvgIpc) is 2.01. The zero-order valence-corrected chi connectivity index (χ0v) is 9.32. The van der Waals surface area contributed by atoms with Crippen LogP contribution in [0.4, 0.5) is 3.89 Å².